The van der Waals surface area contributed by atoms with E-state index in [-0.39, 0.29) is 24.9 Å². The van der Waals surface area contributed by atoms with Crippen molar-refractivity contribution in [2.45, 2.75) is 238 Å². The zero-order valence-corrected chi connectivity index (χ0v) is 46.1. The molecule has 0 aromatic heterocycles. The predicted molar refractivity (Wildman–Crippen MR) is 293 cm³/mol. The number of hydrogen-bond acceptors (Lipinski definition) is 7. The average molecular weight is 985 g/mol. The van der Waals surface area contributed by atoms with Gasteiger partial charge in [-0.05, 0) is 51.0 Å². The maximum atomic E-state index is 13.5. The van der Waals surface area contributed by atoms with E-state index in [0.29, 0.717) is 23.9 Å². The number of phosphoric acid groups is 1. The third-order valence-corrected chi connectivity index (χ3v) is 13.0. The lowest BCUT2D eigenvalue weighted by atomic mass is 10.0. The summed E-state index contributed by atoms with van der Waals surface area (Å²) in [5.41, 5.74) is 0. The summed E-state index contributed by atoms with van der Waals surface area (Å²) in [6.07, 6.45) is 62.5. The molecule has 3 atom stereocenters. The van der Waals surface area contributed by atoms with Crippen LogP contribution in [-0.4, -0.2) is 69.4 Å². The molecule has 0 bridgehead atoms. The molecule has 0 fully saturated rings. The van der Waals surface area contributed by atoms with Crippen LogP contribution in [0, 0.1) is 0 Å². The number of rotatable bonds is 49. The highest BCUT2D eigenvalue weighted by molar-refractivity contribution is 7.45. The number of hydrogen-bond donors (Lipinski definition) is 1. The van der Waals surface area contributed by atoms with Crippen molar-refractivity contribution in [3.05, 3.63) is 85.1 Å². The standard InChI is InChI=1S/C59H105N2O7P/c1-7-10-13-16-19-22-25-28-29-30-31-34-37-40-43-46-49-52-59(63)68-57(50-47-44-41-38-35-32-26-23-20-17-14-11-8-2)56(55-67-69(64,65)66-54-53-61(4,5)6)60-58(62)51-48-45-42-39-36-33-27-24-21-18-15-12-9-3/h10,13,16,19,22,25,28-31,34,37,47,50,56-57H,7-9,11-12,14-15,17-18,20-21,23-24,26-27,32-33,35-36,38-46,48-49,51-55H2,1-6H3,(H-,60,62,64,65)/b13-10-,19-16+,25-22+,29-28-,31-30+,37-34+,50-47+. The lowest BCUT2D eigenvalue weighted by Gasteiger charge is -2.30. The van der Waals surface area contributed by atoms with E-state index in [1.165, 1.54) is 122 Å². The van der Waals surface area contributed by atoms with E-state index in [2.05, 4.69) is 38.2 Å². The molecule has 0 aliphatic heterocycles. The number of phosphoric ester groups is 1. The largest absolute Gasteiger partial charge is 0.756 e. The second-order valence-corrected chi connectivity index (χ2v) is 21.3. The van der Waals surface area contributed by atoms with E-state index in [1.807, 2.05) is 94.1 Å². The van der Waals surface area contributed by atoms with E-state index >= 15 is 0 Å². The molecule has 0 aromatic rings. The highest BCUT2D eigenvalue weighted by Crippen LogP contribution is 2.38. The van der Waals surface area contributed by atoms with Gasteiger partial charge in [-0.15, -0.1) is 0 Å². The lowest BCUT2D eigenvalue weighted by molar-refractivity contribution is -0.870. The fourth-order valence-corrected chi connectivity index (χ4v) is 8.39. The molecule has 10 heteroatoms. The SMILES string of the molecule is CC\C=C/C=C/C=C/C=C\C=C\C=C\CCCCCC(=O)OC(/C=C/CCCCCCCCCCCCC)C(COP(=O)([O-])OCC[N+](C)(C)C)NC(=O)CCCCCCCCCCCCCCC. The Morgan fingerprint density at radius 1 is 0.522 bits per heavy atom. The zero-order valence-electron chi connectivity index (χ0n) is 45.2. The first-order valence-corrected chi connectivity index (χ1v) is 29.4. The molecular formula is C59H105N2O7P. The Morgan fingerprint density at radius 3 is 1.41 bits per heavy atom. The van der Waals surface area contributed by atoms with Gasteiger partial charge in [-0.25, -0.2) is 0 Å². The van der Waals surface area contributed by atoms with Gasteiger partial charge in [0.15, 0.2) is 0 Å². The highest BCUT2D eigenvalue weighted by atomic mass is 31.2. The first-order chi connectivity index (χ1) is 33.4. The number of carbonyl (C=O) groups excluding carboxylic acids is 2. The molecule has 0 saturated heterocycles. The molecule has 3 unspecified atom stereocenters. The van der Waals surface area contributed by atoms with Crippen LogP contribution in [0.25, 0.3) is 0 Å². The quantitative estimate of drug-likeness (QED) is 0.0161. The van der Waals surface area contributed by atoms with Gasteiger partial charge < -0.3 is 28.5 Å². The molecule has 0 aromatic carbocycles. The van der Waals surface area contributed by atoms with Crippen molar-refractivity contribution < 1.29 is 37.3 Å². The van der Waals surface area contributed by atoms with Crippen LogP contribution >= 0.6 is 7.82 Å². The Balaban J connectivity index is 5.49. The third kappa shape index (κ3) is 49.9. The van der Waals surface area contributed by atoms with Crippen LogP contribution in [0.2, 0.25) is 0 Å². The van der Waals surface area contributed by atoms with E-state index in [1.54, 1.807) is 0 Å². The Labute approximate surface area is 425 Å². The number of allylic oxidation sites excluding steroid dienone is 13. The minimum Gasteiger partial charge on any atom is -0.756 e. The number of esters is 1. The molecule has 1 amide bonds. The number of ether oxygens (including phenoxy) is 1. The summed E-state index contributed by atoms with van der Waals surface area (Å²) in [5, 5.41) is 3.00. The van der Waals surface area contributed by atoms with Gasteiger partial charge in [-0.2, -0.15) is 0 Å². The van der Waals surface area contributed by atoms with Crippen molar-refractivity contribution in [1.29, 1.82) is 0 Å². The van der Waals surface area contributed by atoms with Gasteiger partial charge in [-0.1, -0.05) is 247 Å². The molecule has 0 spiro atoms. The second-order valence-electron chi connectivity index (χ2n) is 19.9. The van der Waals surface area contributed by atoms with Crippen molar-refractivity contribution in [3.63, 3.8) is 0 Å². The van der Waals surface area contributed by atoms with E-state index in [0.717, 1.165) is 64.2 Å². The first kappa shape index (κ1) is 66.2. The van der Waals surface area contributed by atoms with Crippen molar-refractivity contribution in [1.82, 2.24) is 5.32 Å². The first-order valence-electron chi connectivity index (χ1n) is 28.0. The summed E-state index contributed by atoms with van der Waals surface area (Å²) in [6.45, 7) is 6.65. The van der Waals surface area contributed by atoms with Crippen molar-refractivity contribution in [2.24, 2.45) is 0 Å². The van der Waals surface area contributed by atoms with Crippen LogP contribution in [0.15, 0.2) is 85.1 Å². The van der Waals surface area contributed by atoms with Gasteiger partial charge in [0.2, 0.25) is 5.91 Å². The minimum absolute atomic E-state index is 0.0325. The molecule has 0 radical (unpaired) electrons. The van der Waals surface area contributed by atoms with Crippen molar-refractivity contribution in [2.75, 3.05) is 40.9 Å². The number of amides is 1. The number of nitrogens with zero attached hydrogens (tertiary/aromatic N) is 1. The second kappa shape index (κ2) is 48.8. The van der Waals surface area contributed by atoms with Gasteiger partial charge in [-0.3, -0.25) is 14.2 Å². The van der Waals surface area contributed by atoms with Crippen LogP contribution in [0.1, 0.15) is 226 Å². The number of carbonyl (C=O) groups is 2. The molecule has 9 nitrogen and oxygen atoms in total. The topological polar surface area (TPSA) is 114 Å². The number of quaternary nitrogens is 1. The van der Waals surface area contributed by atoms with Crippen LogP contribution in [0.3, 0.4) is 0 Å². The van der Waals surface area contributed by atoms with Gasteiger partial charge in [0, 0.05) is 12.8 Å². The van der Waals surface area contributed by atoms with Crippen LogP contribution in [-0.2, 0) is 27.9 Å². The van der Waals surface area contributed by atoms with E-state index in [9.17, 15) is 19.0 Å². The van der Waals surface area contributed by atoms with Gasteiger partial charge >= 0.3 is 5.97 Å². The normalized spacial score (nSPS) is 14.5. The highest BCUT2D eigenvalue weighted by Gasteiger charge is 2.27. The average Bonchev–Trinajstić information content (AvgIpc) is 3.31. The smallest absolute Gasteiger partial charge is 0.306 e. The van der Waals surface area contributed by atoms with Crippen LogP contribution in [0.4, 0.5) is 0 Å². The van der Waals surface area contributed by atoms with Gasteiger partial charge in [0.1, 0.15) is 19.3 Å². The molecule has 0 heterocycles. The maximum Gasteiger partial charge on any atom is 0.306 e. The number of unbranched alkanes of at least 4 members (excludes halogenated alkanes) is 26. The monoisotopic (exact) mass is 985 g/mol. The molecule has 0 saturated carbocycles. The third-order valence-electron chi connectivity index (χ3n) is 12.0. The molecular weight excluding hydrogens is 880 g/mol. The molecule has 1 N–H and O–H groups in total. The summed E-state index contributed by atoms with van der Waals surface area (Å²) in [7, 11) is 1.15. The van der Waals surface area contributed by atoms with Crippen molar-refractivity contribution in [3.8, 4) is 0 Å². The molecule has 0 aliphatic carbocycles. The summed E-state index contributed by atoms with van der Waals surface area (Å²) in [5.74, 6) is -0.593. The number of likely N-dealkylation sites (N-methyl/N-ethyl adjacent to an activating group) is 1. The maximum absolute atomic E-state index is 13.5. The zero-order chi connectivity index (χ0) is 50.8. The summed E-state index contributed by atoms with van der Waals surface area (Å²) >= 11 is 0. The fourth-order valence-electron chi connectivity index (χ4n) is 7.67. The van der Waals surface area contributed by atoms with Crippen LogP contribution < -0.4 is 10.2 Å². The molecule has 69 heavy (non-hydrogen) atoms. The van der Waals surface area contributed by atoms with Gasteiger partial charge in [0.25, 0.3) is 7.82 Å². The predicted octanol–water partition coefficient (Wildman–Crippen LogP) is 16.0. The summed E-state index contributed by atoms with van der Waals surface area (Å²) in [4.78, 5) is 39.8. The molecule has 0 rings (SSSR count). The van der Waals surface area contributed by atoms with Crippen molar-refractivity contribution >= 4 is 19.7 Å². The van der Waals surface area contributed by atoms with E-state index in [4.69, 9.17) is 13.8 Å². The Hall–Kier alpha value is -2.81. The summed E-state index contributed by atoms with van der Waals surface area (Å²) < 4.78 is 30.2. The lowest BCUT2D eigenvalue weighted by Crippen LogP contribution is -2.47. The van der Waals surface area contributed by atoms with E-state index < -0.39 is 26.6 Å². The summed E-state index contributed by atoms with van der Waals surface area (Å²) in [6, 6.07) is -0.907. The Morgan fingerprint density at radius 2 is 0.928 bits per heavy atom. The Kier molecular flexibility index (Phi) is 46.8. The number of nitrogens with one attached hydrogen (secondary N) is 1. The van der Waals surface area contributed by atoms with Crippen LogP contribution in [0.5, 0.6) is 0 Å². The molecule has 0 aliphatic rings. The van der Waals surface area contributed by atoms with Gasteiger partial charge in [0.05, 0.1) is 33.8 Å². The fraction of sp³-hybridized carbons (Fsp3) is 0.729. The Bertz CT molecular complexity index is 1460. The molecule has 398 valence electrons. The minimum atomic E-state index is -4.70.